The van der Waals surface area contributed by atoms with E-state index >= 15 is 0 Å². The van der Waals surface area contributed by atoms with Crippen LogP contribution in [0.1, 0.15) is 32.3 Å². The van der Waals surface area contributed by atoms with E-state index in [4.69, 9.17) is 0 Å². The Balaban J connectivity index is 1.80. The van der Waals surface area contributed by atoms with E-state index < -0.39 is 0 Å². The Kier molecular flexibility index (Phi) is 3.65. The zero-order valence-electron chi connectivity index (χ0n) is 9.96. The van der Waals surface area contributed by atoms with Gasteiger partial charge in [0, 0.05) is 30.0 Å². The fraction of sp³-hybridized carbons (Fsp3) is 0.615. The second kappa shape index (κ2) is 4.84. The van der Waals surface area contributed by atoms with Crippen LogP contribution in [0.3, 0.4) is 0 Å². The summed E-state index contributed by atoms with van der Waals surface area (Å²) in [6.07, 6.45) is 6.51. The maximum absolute atomic E-state index is 4.16. The van der Waals surface area contributed by atoms with Crippen molar-refractivity contribution in [2.24, 2.45) is 11.3 Å². The van der Waals surface area contributed by atoms with Crippen LogP contribution in [0.2, 0.25) is 0 Å². The minimum Gasteiger partial charge on any atom is -0.312 e. The van der Waals surface area contributed by atoms with E-state index in [1.165, 1.54) is 18.4 Å². The molecule has 0 amide bonds. The topological polar surface area (TPSA) is 24.9 Å². The van der Waals surface area contributed by atoms with Crippen molar-refractivity contribution in [1.29, 1.82) is 0 Å². The van der Waals surface area contributed by atoms with Gasteiger partial charge in [0.2, 0.25) is 0 Å². The molecular formula is C13H19BrN2. The molecule has 0 radical (unpaired) electrons. The molecule has 0 unspecified atom stereocenters. The van der Waals surface area contributed by atoms with Crippen LogP contribution in [0.4, 0.5) is 0 Å². The van der Waals surface area contributed by atoms with E-state index in [9.17, 15) is 0 Å². The molecule has 16 heavy (non-hydrogen) atoms. The lowest BCUT2D eigenvalue weighted by Gasteiger charge is -2.20. The van der Waals surface area contributed by atoms with Gasteiger partial charge in [0.05, 0.1) is 0 Å². The van der Waals surface area contributed by atoms with Gasteiger partial charge in [-0.3, -0.25) is 4.98 Å². The van der Waals surface area contributed by atoms with E-state index in [1.54, 1.807) is 0 Å². The monoisotopic (exact) mass is 282 g/mol. The summed E-state index contributed by atoms with van der Waals surface area (Å²) < 4.78 is 1.05. The normalized spacial score (nSPS) is 17.8. The van der Waals surface area contributed by atoms with Crippen LogP contribution in [0.25, 0.3) is 0 Å². The zero-order chi connectivity index (χ0) is 11.6. The summed E-state index contributed by atoms with van der Waals surface area (Å²) in [6, 6.07) is 2.12. The molecule has 1 N–H and O–H groups in total. The zero-order valence-corrected chi connectivity index (χ0v) is 11.5. The molecule has 0 spiro atoms. The van der Waals surface area contributed by atoms with Gasteiger partial charge in [-0.2, -0.15) is 0 Å². The third kappa shape index (κ3) is 2.83. The van der Waals surface area contributed by atoms with Crippen molar-refractivity contribution in [1.82, 2.24) is 10.3 Å². The fourth-order valence-corrected chi connectivity index (χ4v) is 2.54. The molecule has 1 aliphatic rings. The standard InChI is InChI=1S/C13H19BrN2/c1-10(2)13(3-4-13)9-16-7-11-5-12(14)8-15-6-11/h5-6,8,10,16H,3-4,7,9H2,1-2H3. The van der Waals surface area contributed by atoms with Gasteiger partial charge in [0.15, 0.2) is 0 Å². The summed E-state index contributed by atoms with van der Waals surface area (Å²) in [7, 11) is 0. The molecule has 0 saturated heterocycles. The number of halogens is 1. The summed E-state index contributed by atoms with van der Waals surface area (Å²) in [6.45, 7) is 6.71. The second-order valence-electron chi connectivity index (χ2n) is 5.13. The van der Waals surface area contributed by atoms with Crippen LogP contribution in [0, 0.1) is 11.3 Å². The Labute approximate surface area is 106 Å². The Morgan fingerprint density at radius 2 is 2.19 bits per heavy atom. The summed E-state index contributed by atoms with van der Waals surface area (Å²) in [5.41, 5.74) is 1.83. The van der Waals surface area contributed by atoms with Gasteiger partial charge in [-0.15, -0.1) is 0 Å². The van der Waals surface area contributed by atoms with Crippen molar-refractivity contribution in [3.8, 4) is 0 Å². The first kappa shape index (κ1) is 12.1. The van der Waals surface area contributed by atoms with Gasteiger partial charge >= 0.3 is 0 Å². The van der Waals surface area contributed by atoms with E-state index in [2.05, 4.69) is 46.1 Å². The van der Waals surface area contributed by atoms with E-state index in [0.29, 0.717) is 5.41 Å². The number of hydrogen-bond acceptors (Lipinski definition) is 2. The van der Waals surface area contributed by atoms with Crippen molar-refractivity contribution in [3.05, 3.63) is 28.5 Å². The Morgan fingerprint density at radius 3 is 2.75 bits per heavy atom. The number of nitrogens with zero attached hydrogens (tertiary/aromatic N) is 1. The molecule has 0 bridgehead atoms. The molecule has 0 aromatic carbocycles. The highest BCUT2D eigenvalue weighted by Crippen LogP contribution is 2.51. The van der Waals surface area contributed by atoms with Crippen LogP contribution in [-0.2, 0) is 6.54 Å². The quantitative estimate of drug-likeness (QED) is 0.896. The number of rotatable bonds is 5. The molecule has 1 heterocycles. The third-order valence-electron chi connectivity index (χ3n) is 3.68. The first-order valence-corrected chi connectivity index (χ1v) is 6.72. The van der Waals surface area contributed by atoms with Crippen LogP contribution >= 0.6 is 15.9 Å². The first-order valence-electron chi connectivity index (χ1n) is 5.92. The van der Waals surface area contributed by atoms with E-state index in [-0.39, 0.29) is 0 Å². The third-order valence-corrected chi connectivity index (χ3v) is 4.12. The number of aromatic nitrogens is 1. The van der Waals surface area contributed by atoms with Crippen LogP contribution in [-0.4, -0.2) is 11.5 Å². The second-order valence-corrected chi connectivity index (χ2v) is 6.05. The van der Waals surface area contributed by atoms with Crippen molar-refractivity contribution in [2.45, 2.75) is 33.2 Å². The van der Waals surface area contributed by atoms with Crippen LogP contribution in [0.15, 0.2) is 22.9 Å². The SMILES string of the molecule is CC(C)C1(CNCc2cncc(Br)c2)CC1. The van der Waals surface area contributed by atoms with E-state index in [0.717, 1.165) is 23.5 Å². The number of nitrogens with one attached hydrogen (secondary N) is 1. The molecule has 88 valence electrons. The highest BCUT2D eigenvalue weighted by Gasteiger charge is 2.44. The summed E-state index contributed by atoms with van der Waals surface area (Å²) >= 11 is 3.44. The maximum atomic E-state index is 4.16. The summed E-state index contributed by atoms with van der Waals surface area (Å²) in [5.74, 6) is 0.792. The largest absolute Gasteiger partial charge is 0.312 e. The highest BCUT2D eigenvalue weighted by atomic mass is 79.9. The Hall–Kier alpha value is -0.410. The number of pyridine rings is 1. The highest BCUT2D eigenvalue weighted by molar-refractivity contribution is 9.10. The average molecular weight is 283 g/mol. The van der Waals surface area contributed by atoms with Gasteiger partial charge < -0.3 is 5.32 Å². The Morgan fingerprint density at radius 1 is 1.44 bits per heavy atom. The van der Waals surface area contributed by atoms with Gasteiger partial charge in [-0.25, -0.2) is 0 Å². The molecule has 0 aliphatic heterocycles. The molecule has 1 aromatic heterocycles. The minimum absolute atomic E-state index is 0.583. The van der Waals surface area contributed by atoms with E-state index in [1.807, 2.05) is 12.4 Å². The molecule has 2 rings (SSSR count). The van der Waals surface area contributed by atoms with Gasteiger partial charge in [0.1, 0.15) is 0 Å². The molecule has 0 atom stereocenters. The van der Waals surface area contributed by atoms with Crippen molar-refractivity contribution in [3.63, 3.8) is 0 Å². The lowest BCUT2D eigenvalue weighted by atomic mass is 9.92. The molecular weight excluding hydrogens is 264 g/mol. The molecule has 1 fully saturated rings. The Bertz CT molecular complexity index is 359. The van der Waals surface area contributed by atoms with Crippen LogP contribution < -0.4 is 5.32 Å². The summed E-state index contributed by atoms with van der Waals surface area (Å²) in [5, 5.41) is 3.55. The fourth-order valence-electron chi connectivity index (χ4n) is 2.13. The van der Waals surface area contributed by atoms with Crippen molar-refractivity contribution >= 4 is 15.9 Å². The lowest BCUT2D eigenvalue weighted by Crippen LogP contribution is -2.27. The smallest absolute Gasteiger partial charge is 0.0410 e. The van der Waals surface area contributed by atoms with Crippen LogP contribution in [0.5, 0.6) is 0 Å². The maximum Gasteiger partial charge on any atom is 0.0410 e. The molecule has 2 nitrogen and oxygen atoms in total. The minimum atomic E-state index is 0.583. The molecule has 1 aromatic rings. The van der Waals surface area contributed by atoms with Gasteiger partial charge in [0.25, 0.3) is 0 Å². The van der Waals surface area contributed by atoms with Crippen molar-refractivity contribution in [2.75, 3.05) is 6.54 Å². The molecule has 1 aliphatic carbocycles. The summed E-state index contributed by atoms with van der Waals surface area (Å²) in [4.78, 5) is 4.16. The molecule has 1 saturated carbocycles. The van der Waals surface area contributed by atoms with Gasteiger partial charge in [-0.1, -0.05) is 13.8 Å². The van der Waals surface area contributed by atoms with Crippen molar-refractivity contribution < 1.29 is 0 Å². The van der Waals surface area contributed by atoms with Gasteiger partial charge in [-0.05, 0) is 51.7 Å². The lowest BCUT2D eigenvalue weighted by molar-refractivity contribution is 0.338. The predicted molar refractivity (Wildman–Crippen MR) is 70.1 cm³/mol. The average Bonchev–Trinajstić information content (AvgIpc) is 2.99. The number of hydrogen-bond donors (Lipinski definition) is 1. The predicted octanol–water partition coefficient (Wildman–Crippen LogP) is 3.37. The molecule has 3 heteroatoms. The first-order chi connectivity index (χ1) is 7.62.